The molecule has 9 fully saturated rings. The van der Waals surface area contributed by atoms with E-state index in [1.54, 1.807) is 0 Å². The van der Waals surface area contributed by atoms with Crippen LogP contribution in [0.5, 0.6) is 0 Å². The second-order valence-electron chi connectivity index (χ2n) is 16.8. The number of hydrogen-bond donors (Lipinski definition) is 12. The van der Waals surface area contributed by atoms with Gasteiger partial charge in [0.05, 0.1) is 49.3 Å². The van der Waals surface area contributed by atoms with E-state index in [2.05, 4.69) is 42.5 Å². The molecule has 0 spiro atoms. The molecule has 9 rings (SSSR count). The van der Waals surface area contributed by atoms with Crippen molar-refractivity contribution in [3.8, 4) is 0 Å². The molecule has 20 atom stereocenters. The van der Waals surface area contributed by atoms with Gasteiger partial charge in [-0.05, 0) is 124 Å². The molecule has 4 aliphatic carbocycles. The molecule has 9 aliphatic rings. The first-order chi connectivity index (χ1) is 21.4. The third kappa shape index (κ3) is 5.78. The zero-order valence-corrected chi connectivity index (χ0v) is 27.7. The Kier molecular flexibility index (Phi) is 9.12. The Labute approximate surface area is 279 Å². The van der Waals surface area contributed by atoms with Gasteiger partial charge in [0, 0.05) is 40.9 Å². The van der Waals surface area contributed by atoms with Gasteiger partial charge in [-0.1, -0.05) is 0 Å². The van der Waals surface area contributed by atoms with E-state index >= 15 is 0 Å². The van der Waals surface area contributed by atoms with Crippen molar-refractivity contribution < 1.29 is 16.8 Å². The van der Waals surface area contributed by atoms with Gasteiger partial charge in [0.1, 0.15) is 0 Å². The predicted octanol–water partition coefficient (Wildman–Crippen LogP) is -1.65. The summed E-state index contributed by atoms with van der Waals surface area (Å²) in [5.41, 5.74) is 26.5. The number of fused-ring (bicyclic) bond motifs is 20. The van der Waals surface area contributed by atoms with Crippen molar-refractivity contribution in [3.63, 3.8) is 0 Å². The fourth-order valence-corrected chi connectivity index (χ4v) is 12.1. The summed E-state index contributed by atoms with van der Waals surface area (Å²) in [6.07, 6.45) is 15.5. The van der Waals surface area contributed by atoms with Gasteiger partial charge < -0.3 is 22.9 Å². The van der Waals surface area contributed by atoms with E-state index in [1.165, 1.54) is 25.7 Å². The topological polar surface area (TPSA) is 200 Å². The molecule has 0 aromatic rings. The van der Waals surface area contributed by atoms with Crippen molar-refractivity contribution in [2.75, 3.05) is 0 Å². The van der Waals surface area contributed by atoms with Crippen LogP contribution in [-0.2, 0) is 16.8 Å². The first-order valence-electron chi connectivity index (χ1n) is 18.5. The summed E-state index contributed by atoms with van der Waals surface area (Å²) < 4.78 is 0. The van der Waals surface area contributed by atoms with Gasteiger partial charge in [0.15, 0.2) is 0 Å². The molecule has 45 heavy (non-hydrogen) atoms. The zero-order valence-electron chi connectivity index (χ0n) is 26.7. The van der Waals surface area contributed by atoms with Crippen molar-refractivity contribution in [2.45, 2.75) is 151 Å². The minimum absolute atomic E-state index is 0. The maximum absolute atomic E-state index is 6.63. The van der Waals surface area contributed by atoms with Gasteiger partial charge in [-0.2, -0.15) is 0 Å². The number of rotatable bonds is 0. The molecule has 0 aromatic heterocycles. The summed E-state index contributed by atoms with van der Waals surface area (Å²) in [7, 11) is 0. The van der Waals surface area contributed by atoms with Crippen LogP contribution in [0.2, 0.25) is 0 Å². The van der Waals surface area contributed by atoms with Gasteiger partial charge in [-0.3, -0.25) is 42.5 Å². The Hall–Kier alpha value is 0.0265. The average molecular weight is 672 g/mol. The summed E-state index contributed by atoms with van der Waals surface area (Å²) in [4.78, 5) is 0. The Morgan fingerprint density at radius 3 is 0.644 bits per heavy atom. The summed E-state index contributed by atoms with van der Waals surface area (Å²) in [6, 6.07) is 1.16. The smallest absolute Gasteiger partial charge is 0.0629 e. The Bertz CT molecular complexity index is 1060. The quantitative estimate of drug-likeness (QED) is 0.140. The third-order valence-corrected chi connectivity index (χ3v) is 14.3. The molecule has 0 aromatic carbocycles. The van der Waals surface area contributed by atoms with Crippen LogP contribution >= 0.6 is 0 Å². The van der Waals surface area contributed by atoms with Gasteiger partial charge in [-0.15, -0.1) is 0 Å². The molecule has 0 amide bonds. The van der Waals surface area contributed by atoms with Crippen LogP contribution in [0.25, 0.3) is 0 Å². The zero-order chi connectivity index (χ0) is 29.7. The number of nitrogens with one attached hydrogen (secondary N) is 8. The molecule has 5 heterocycles. The third-order valence-electron chi connectivity index (χ3n) is 14.3. The minimum Gasteiger partial charge on any atom is -0.328 e. The molecule has 257 valence electrons. The summed E-state index contributed by atoms with van der Waals surface area (Å²) in [5, 5.41) is 33.1. The van der Waals surface area contributed by atoms with Gasteiger partial charge in [0.2, 0.25) is 0 Å². The predicted molar refractivity (Wildman–Crippen MR) is 171 cm³/mol. The van der Waals surface area contributed by atoms with E-state index in [-0.39, 0.29) is 84.2 Å². The molecular formula is C32H60CoN12. The molecule has 5 saturated heterocycles. The average Bonchev–Trinajstić information content (AvgIpc) is 3.71. The van der Waals surface area contributed by atoms with E-state index in [1.807, 2.05) is 0 Å². The fraction of sp³-hybridized carbons (Fsp3) is 1.00. The van der Waals surface area contributed by atoms with Crippen LogP contribution in [-0.4, -0.2) is 73.5 Å². The first kappa shape index (κ1) is 32.2. The Morgan fingerprint density at radius 2 is 0.444 bits per heavy atom. The molecule has 20 unspecified atom stereocenters. The van der Waals surface area contributed by atoms with Crippen LogP contribution < -0.4 is 65.5 Å². The molecule has 4 saturated carbocycles. The van der Waals surface area contributed by atoms with E-state index in [4.69, 9.17) is 22.9 Å². The number of nitrogens with two attached hydrogens (primary N) is 4. The van der Waals surface area contributed by atoms with Crippen molar-refractivity contribution >= 4 is 0 Å². The fourth-order valence-electron chi connectivity index (χ4n) is 12.1. The molecule has 1 radical (unpaired) electrons. The normalized spacial score (nSPS) is 58.9. The molecule has 13 heteroatoms. The van der Waals surface area contributed by atoms with Crippen LogP contribution in [0.15, 0.2) is 0 Å². The van der Waals surface area contributed by atoms with Crippen LogP contribution in [0.4, 0.5) is 0 Å². The summed E-state index contributed by atoms with van der Waals surface area (Å²) >= 11 is 0. The van der Waals surface area contributed by atoms with Crippen LogP contribution in [0, 0.1) is 47.3 Å². The first-order valence-corrected chi connectivity index (χ1v) is 18.5. The second kappa shape index (κ2) is 12.7. The molecule has 8 bridgehead atoms. The van der Waals surface area contributed by atoms with E-state index in [0.29, 0.717) is 53.4 Å². The minimum atomic E-state index is 0. The molecule has 16 N–H and O–H groups in total. The maximum atomic E-state index is 6.63. The SMILES string of the molecule is NC1CCC2C3NC4NC(NC5NC(NC6NC(NC(N3)C2C1)C1CCC(N)CC61)C1CCC(N)CC51)C1CC(N)CCC41.[Co]. The number of hydrogen-bond acceptors (Lipinski definition) is 12. The molecule has 5 aliphatic heterocycles. The van der Waals surface area contributed by atoms with Crippen molar-refractivity contribution in [1.29, 1.82) is 0 Å². The van der Waals surface area contributed by atoms with Crippen molar-refractivity contribution in [2.24, 2.45) is 70.3 Å². The Balaban J connectivity index is 0.00000300. The Morgan fingerprint density at radius 1 is 0.267 bits per heavy atom. The van der Waals surface area contributed by atoms with Crippen LogP contribution in [0.1, 0.15) is 77.0 Å². The van der Waals surface area contributed by atoms with E-state index < -0.39 is 0 Å². The molecule has 12 nitrogen and oxygen atoms in total. The largest absolute Gasteiger partial charge is 0.328 e. The van der Waals surface area contributed by atoms with Crippen LogP contribution in [0.3, 0.4) is 0 Å². The van der Waals surface area contributed by atoms with Gasteiger partial charge >= 0.3 is 0 Å². The van der Waals surface area contributed by atoms with Gasteiger partial charge in [-0.25, -0.2) is 0 Å². The summed E-state index contributed by atoms with van der Waals surface area (Å²) in [5.74, 6) is 4.37. The van der Waals surface area contributed by atoms with E-state index in [0.717, 1.165) is 51.4 Å². The summed E-state index contributed by atoms with van der Waals surface area (Å²) in [6.45, 7) is 0. The van der Waals surface area contributed by atoms with Gasteiger partial charge in [0.25, 0.3) is 0 Å². The standard InChI is InChI=1S/C32H60N12.Co/c33-13-1-5-17-21(9-13)29-38-25(17)37-26-18-6-2-15(35)11-23(18)31(39-26)44-32-24-12-16(36)4-8-20(24)28(43-32)42-30-22-10-14(34)3-7-19(22)27(40-29)41-30;/h13-32,37-44H,1-12,33-36H2;. The second-order valence-corrected chi connectivity index (χ2v) is 16.8. The molecular weight excluding hydrogens is 611 g/mol. The monoisotopic (exact) mass is 671 g/mol. The van der Waals surface area contributed by atoms with Crippen molar-refractivity contribution in [1.82, 2.24) is 42.5 Å². The van der Waals surface area contributed by atoms with E-state index in [9.17, 15) is 0 Å². The van der Waals surface area contributed by atoms with Crippen molar-refractivity contribution in [3.05, 3.63) is 0 Å². The maximum Gasteiger partial charge on any atom is 0.0629 e.